The molecule has 2 aromatic heterocycles. The lowest BCUT2D eigenvalue weighted by Crippen LogP contribution is -2.19. The van der Waals surface area contributed by atoms with E-state index in [-0.39, 0.29) is 11.3 Å². The molecule has 1 aromatic carbocycles. The van der Waals surface area contributed by atoms with Crippen LogP contribution in [0, 0.1) is 6.92 Å². The summed E-state index contributed by atoms with van der Waals surface area (Å²) >= 11 is 0. The predicted molar refractivity (Wildman–Crippen MR) is 83.0 cm³/mol. The average Bonchev–Trinajstić information content (AvgIpc) is 2.94. The lowest BCUT2D eigenvalue weighted by molar-refractivity contribution is 0.0950. The molecule has 3 N–H and O–H groups in total. The molecule has 0 unspecified atom stereocenters. The Morgan fingerprint density at radius 1 is 1.32 bits per heavy atom. The Hall–Kier alpha value is -3.22. The van der Waals surface area contributed by atoms with Gasteiger partial charge < -0.3 is 4.98 Å². The molecule has 0 bridgehead atoms. The standard InChI is InChI=1S/C15H13N5O2/c1-9-6-13(19-18-9)15(22)20-16-8-11-7-10-4-2-3-5-12(10)17-14(11)21/h2-8H,1H3,(H,17,21)(H,18,19)(H,20,22). The molecule has 7 nitrogen and oxygen atoms in total. The highest BCUT2D eigenvalue weighted by molar-refractivity contribution is 5.93. The molecule has 0 saturated carbocycles. The zero-order chi connectivity index (χ0) is 15.5. The minimum Gasteiger partial charge on any atom is -0.321 e. The van der Waals surface area contributed by atoms with E-state index in [1.807, 2.05) is 24.3 Å². The number of benzene rings is 1. The van der Waals surface area contributed by atoms with Crippen molar-refractivity contribution in [2.45, 2.75) is 6.92 Å². The first-order valence-corrected chi connectivity index (χ1v) is 6.61. The minimum absolute atomic E-state index is 0.238. The summed E-state index contributed by atoms with van der Waals surface area (Å²) in [4.78, 5) is 26.4. The molecule has 22 heavy (non-hydrogen) atoms. The molecule has 0 aliphatic carbocycles. The van der Waals surface area contributed by atoms with Gasteiger partial charge in [0.2, 0.25) is 0 Å². The van der Waals surface area contributed by atoms with Crippen molar-refractivity contribution in [3.63, 3.8) is 0 Å². The SMILES string of the molecule is Cc1cc(C(=O)NN=Cc2cc3ccccc3[nH]c2=O)n[nH]1. The Balaban J connectivity index is 1.79. The molecule has 3 aromatic rings. The number of amides is 1. The first-order valence-electron chi connectivity index (χ1n) is 6.61. The summed E-state index contributed by atoms with van der Waals surface area (Å²) in [5.74, 6) is -0.446. The molecule has 0 aliphatic heterocycles. The summed E-state index contributed by atoms with van der Waals surface area (Å²) in [5, 5.41) is 11.2. The van der Waals surface area contributed by atoms with Crippen molar-refractivity contribution in [1.82, 2.24) is 20.6 Å². The summed E-state index contributed by atoms with van der Waals surface area (Å²) in [6.07, 6.45) is 1.31. The number of nitrogens with one attached hydrogen (secondary N) is 3. The molecule has 0 aliphatic rings. The highest BCUT2D eigenvalue weighted by Gasteiger charge is 2.07. The number of hydrogen-bond donors (Lipinski definition) is 3. The maximum atomic E-state index is 11.9. The molecule has 7 heteroatoms. The number of carbonyl (C=O) groups is 1. The number of aryl methyl sites for hydroxylation is 1. The third-order valence-electron chi connectivity index (χ3n) is 3.09. The van der Waals surface area contributed by atoms with Crippen LogP contribution in [-0.2, 0) is 0 Å². The number of fused-ring (bicyclic) bond motifs is 1. The molecule has 0 radical (unpaired) electrons. The summed E-state index contributed by atoms with van der Waals surface area (Å²) in [6.45, 7) is 1.79. The molecule has 2 heterocycles. The van der Waals surface area contributed by atoms with Crippen LogP contribution >= 0.6 is 0 Å². The lowest BCUT2D eigenvalue weighted by Gasteiger charge is -1.99. The Kier molecular flexibility index (Phi) is 3.53. The second-order valence-electron chi connectivity index (χ2n) is 4.78. The maximum absolute atomic E-state index is 11.9. The average molecular weight is 295 g/mol. The van der Waals surface area contributed by atoms with Crippen LogP contribution in [0.15, 0.2) is 46.3 Å². The normalized spacial score (nSPS) is 11.1. The van der Waals surface area contributed by atoms with Gasteiger partial charge in [-0.1, -0.05) is 18.2 Å². The van der Waals surface area contributed by atoms with Crippen LogP contribution in [0.25, 0.3) is 10.9 Å². The van der Waals surface area contributed by atoms with Crippen molar-refractivity contribution >= 4 is 23.0 Å². The van der Waals surface area contributed by atoms with Crippen molar-refractivity contribution in [3.05, 3.63) is 63.7 Å². The van der Waals surface area contributed by atoms with Crippen LogP contribution in [0.1, 0.15) is 21.7 Å². The van der Waals surface area contributed by atoms with Gasteiger partial charge in [-0.05, 0) is 30.5 Å². The highest BCUT2D eigenvalue weighted by atomic mass is 16.2. The second kappa shape index (κ2) is 5.65. The zero-order valence-corrected chi connectivity index (χ0v) is 11.8. The highest BCUT2D eigenvalue weighted by Crippen LogP contribution is 2.08. The topological polar surface area (TPSA) is 103 Å². The summed E-state index contributed by atoms with van der Waals surface area (Å²) in [6, 6.07) is 10.7. The number of H-pyrrole nitrogens is 2. The first kappa shape index (κ1) is 13.7. The van der Waals surface area contributed by atoms with Gasteiger partial charge in [0.15, 0.2) is 5.69 Å². The predicted octanol–water partition coefficient (Wildman–Crippen LogP) is 1.32. The fourth-order valence-corrected chi connectivity index (χ4v) is 2.01. The minimum atomic E-state index is -0.446. The van der Waals surface area contributed by atoms with Gasteiger partial charge in [-0.25, -0.2) is 5.43 Å². The summed E-state index contributed by atoms with van der Waals surface area (Å²) < 4.78 is 0. The lowest BCUT2D eigenvalue weighted by atomic mass is 10.2. The van der Waals surface area contributed by atoms with Crippen molar-refractivity contribution in [1.29, 1.82) is 0 Å². The molecule has 0 saturated heterocycles. The van der Waals surface area contributed by atoms with E-state index in [1.165, 1.54) is 6.21 Å². The van der Waals surface area contributed by atoms with E-state index >= 15 is 0 Å². The van der Waals surface area contributed by atoms with E-state index < -0.39 is 5.91 Å². The van der Waals surface area contributed by atoms with Crippen molar-refractivity contribution in [2.75, 3.05) is 0 Å². The molecule has 0 atom stereocenters. The van der Waals surface area contributed by atoms with Gasteiger partial charge in [-0.2, -0.15) is 10.2 Å². The molecular formula is C15H13N5O2. The van der Waals surface area contributed by atoms with E-state index in [0.29, 0.717) is 5.56 Å². The number of rotatable bonds is 3. The van der Waals surface area contributed by atoms with E-state index in [2.05, 4.69) is 25.7 Å². The van der Waals surface area contributed by atoms with Crippen LogP contribution in [0.5, 0.6) is 0 Å². The maximum Gasteiger partial charge on any atom is 0.291 e. The quantitative estimate of drug-likeness (QED) is 0.501. The Labute approximate surface area is 125 Å². The summed E-state index contributed by atoms with van der Waals surface area (Å²) in [5.41, 5.74) is 4.19. The molecule has 110 valence electrons. The van der Waals surface area contributed by atoms with E-state index in [1.54, 1.807) is 19.1 Å². The number of aromatic nitrogens is 3. The number of carbonyl (C=O) groups excluding carboxylic acids is 1. The second-order valence-corrected chi connectivity index (χ2v) is 4.78. The number of pyridine rings is 1. The number of hydrazone groups is 1. The molecule has 0 spiro atoms. The van der Waals surface area contributed by atoms with Gasteiger partial charge >= 0.3 is 0 Å². The van der Waals surface area contributed by atoms with Gasteiger partial charge in [0.1, 0.15) is 0 Å². The molecule has 0 fully saturated rings. The largest absolute Gasteiger partial charge is 0.321 e. The van der Waals surface area contributed by atoms with Crippen LogP contribution in [0.4, 0.5) is 0 Å². The third kappa shape index (κ3) is 2.78. The van der Waals surface area contributed by atoms with Crippen molar-refractivity contribution < 1.29 is 4.79 Å². The van der Waals surface area contributed by atoms with Crippen LogP contribution in [0.3, 0.4) is 0 Å². The number of nitrogens with zero attached hydrogens (tertiary/aromatic N) is 2. The van der Waals surface area contributed by atoms with Crippen LogP contribution < -0.4 is 11.0 Å². The van der Waals surface area contributed by atoms with Gasteiger partial charge in [-0.3, -0.25) is 14.7 Å². The van der Waals surface area contributed by atoms with Crippen molar-refractivity contribution in [2.24, 2.45) is 5.10 Å². The van der Waals surface area contributed by atoms with Gasteiger partial charge in [0.05, 0.1) is 11.8 Å². The van der Waals surface area contributed by atoms with Gasteiger partial charge in [0.25, 0.3) is 11.5 Å². The molecule has 3 rings (SSSR count). The van der Waals surface area contributed by atoms with Gasteiger partial charge in [-0.15, -0.1) is 0 Å². The van der Waals surface area contributed by atoms with Crippen LogP contribution in [-0.4, -0.2) is 27.3 Å². The van der Waals surface area contributed by atoms with Crippen molar-refractivity contribution in [3.8, 4) is 0 Å². The number of hydrogen-bond acceptors (Lipinski definition) is 4. The number of para-hydroxylation sites is 1. The summed E-state index contributed by atoms with van der Waals surface area (Å²) in [7, 11) is 0. The van der Waals surface area contributed by atoms with Crippen LogP contribution in [0.2, 0.25) is 0 Å². The fraction of sp³-hybridized carbons (Fsp3) is 0.0667. The monoisotopic (exact) mass is 295 g/mol. The first-order chi connectivity index (χ1) is 10.6. The zero-order valence-electron chi connectivity index (χ0n) is 11.8. The number of aromatic amines is 2. The fourth-order valence-electron chi connectivity index (χ4n) is 2.01. The Morgan fingerprint density at radius 2 is 2.14 bits per heavy atom. The Bertz CT molecular complexity index is 923. The van der Waals surface area contributed by atoms with E-state index in [0.717, 1.165) is 16.6 Å². The van der Waals surface area contributed by atoms with E-state index in [9.17, 15) is 9.59 Å². The molecule has 1 amide bonds. The van der Waals surface area contributed by atoms with Gasteiger partial charge in [0, 0.05) is 11.2 Å². The molecular weight excluding hydrogens is 282 g/mol. The Morgan fingerprint density at radius 3 is 2.91 bits per heavy atom. The smallest absolute Gasteiger partial charge is 0.291 e. The van der Waals surface area contributed by atoms with E-state index in [4.69, 9.17) is 0 Å². The third-order valence-corrected chi connectivity index (χ3v) is 3.09.